The van der Waals surface area contributed by atoms with Crippen LogP contribution in [0, 0.1) is 0 Å². The topological polar surface area (TPSA) is 115 Å². The van der Waals surface area contributed by atoms with E-state index >= 15 is 0 Å². The number of furan rings is 1. The second kappa shape index (κ2) is 10.5. The molecule has 0 unspecified atom stereocenters. The Morgan fingerprint density at radius 2 is 1.82 bits per heavy atom. The third-order valence-corrected chi connectivity index (χ3v) is 8.41. The minimum Gasteiger partial charge on any atom is -0.439 e. The molecular weight excluding hydrogens is 476 g/mol. The molecule has 0 saturated heterocycles. The van der Waals surface area contributed by atoms with E-state index in [1.807, 2.05) is 0 Å². The summed E-state index contributed by atoms with van der Waals surface area (Å²) >= 11 is 1.39. The standard InChI is InChI=1S/C24H26N2O6S2/c1-31-15-7-14-25-23(28)21-17-10-5-6-11-19(17)33-24(21)26-22(27)18-12-13-20(32-18)34(29,30)16-8-3-2-4-9-16/h2-4,8-9,12-13H,5-7,10-11,14-15H2,1H3,(H,25,28)(H,26,27). The van der Waals surface area contributed by atoms with Crippen LogP contribution < -0.4 is 10.6 Å². The quantitative estimate of drug-likeness (QED) is 0.426. The molecule has 0 aliphatic heterocycles. The van der Waals surface area contributed by atoms with Crippen LogP contribution in [0.5, 0.6) is 0 Å². The van der Waals surface area contributed by atoms with Crippen molar-refractivity contribution in [3.8, 4) is 0 Å². The van der Waals surface area contributed by atoms with E-state index in [4.69, 9.17) is 9.15 Å². The molecule has 10 heteroatoms. The predicted molar refractivity (Wildman–Crippen MR) is 128 cm³/mol. The molecule has 3 aromatic rings. The number of sulfone groups is 1. The summed E-state index contributed by atoms with van der Waals surface area (Å²) in [6, 6.07) is 10.5. The van der Waals surface area contributed by atoms with Crippen LogP contribution in [0.3, 0.4) is 0 Å². The summed E-state index contributed by atoms with van der Waals surface area (Å²) in [6.07, 6.45) is 4.35. The zero-order valence-corrected chi connectivity index (χ0v) is 20.4. The Kier molecular flexibility index (Phi) is 7.50. The first kappa shape index (κ1) is 24.2. The Morgan fingerprint density at radius 3 is 2.59 bits per heavy atom. The van der Waals surface area contributed by atoms with Crippen molar-refractivity contribution in [2.45, 2.75) is 42.1 Å². The molecule has 8 nitrogen and oxygen atoms in total. The fourth-order valence-electron chi connectivity index (χ4n) is 3.87. The van der Waals surface area contributed by atoms with Crippen molar-refractivity contribution in [1.29, 1.82) is 0 Å². The molecule has 0 bridgehead atoms. The van der Waals surface area contributed by atoms with Crippen molar-refractivity contribution in [2.75, 3.05) is 25.6 Å². The molecule has 0 atom stereocenters. The molecule has 4 rings (SSSR count). The SMILES string of the molecule is COCCCNC(=O)c1c(NC(=O)c2ccc(S(=O)(=O)c3ccccc3)o2)sc2c1CCCC2. The van der Waals surface area contributed by atoms with Gasteiger partial charge in [0.15, 0.2) is 5.76 Å². The molecule has 1 aromatic carbocycles. The van der Waals surface area contributed by atoms with Crippen molar-refractivity contribution in [1.82, 2.24) is 5.32 Å². The third kappa shape index (κ3) is 5.08. The fraction of sp³-hybridized carbons (Fsp3) is 0.333. The summed E-state index contributed by atoms with van der Waals surface area (Å²) in [4.78, 5) is 27.1. The van der Waals surface area contributed by atoms with Gasteiger partial charge in [-0.25, -0.2) is 8.42 Å². The van der Waals surface area contributed by atoms with Crippen LogP contribution in [0.25, 0.3) is 0 Å². The molecule has 2 aromatic heterocycles. The van der Waals surface area contributed by atoms with E-state index in [9.17, 15) is 18.0 Å². The van der Waals surface area contributed by atoms with Crippen LogP contribution in [-0.4, -0.2) is 40.5 Å². The molecule has 0 radical (unpaired) electrons. The number of benzene rings is 1. The number of nitrogens with one attached hydrogen (secondary N) is 2. The van der Waals surface area contributed by atoms with E-state index in [1.165, 1.54) is 35.6 Å². The highest BCUT2D eigenvalue weighted by Gasteiger charge is 2.28. The Bertz CT molecular complexity index is 1280. The largest absolute Gasteiger partial charge is 0.439 e. The Morgan fingerprint density at radius 1 is 1.06 bits per heavy atom. The number of fused-ring (bicyclic) bond motifs is 1. The maximum atomic E-state index is 13.0. The minimum atomic E-state index is -3.88. The van der Waals surface area contributed by atoms with Crippen LogP contribution in [0.4, 0.5) is 5.00 Å². The van der Waals surface area contributed by atoms with E-state index in [-0.39, 0.29) is 21.7 Å². The number of carbonyl (C=O) groups excluding carboxylic acids is 2. The van der Waals surface area contributed by atoms with Gasteiger partial charge in [-0.3, -0.25) is 9.59 Å². The molecule has 180 valence electrons. The summed E-state index contributed by atoms with van der Waals surface area (Å²) in [5.74, 6) is -0.994. The maximum Gasteiger partial charge on any atom is 0.292 e. The van der Waals surface area contributed by atoms with Crippen LogP contribution in [-0.2, 0) is 27.4 Å². The molecule has 2 N–H and O–H groups in total. The first-order valence-electron chi connectivity index (χ1n) is 11.0. The highest BCUT2D eigenvalue weighted by Crippen LogP contribution is 2.38. The average molecular weight is 503 g/mol. The normalized spacial score (nSPS) is 13.3. The minimum absolute atomic E-state index is 0.0784. The summed E-state index contributed by atoms with van der Waals surface area (Å²) in [5, 5.41) is 5.81. The van der Waals surface area contributed by atoms with Crippen LogP contribution >= 0.6 is 11.3 Å². The molecule has 1 aliphatic carbocycles. The van der Waals surface area contributed by atoms with Crippen molar-refractivity contribution in [3.05, 3.63) is 64.2 Å². The number of ether oxygens (including phenoxy) is 1. The lowest BCUT2D eigenvalue weighted by atomic mass is 9.95. The number of anilines is 1. The lowest BCUT2D eigenvalue weighted by molar-refractivity contribution is 0.0948. The monoisotopic (exact) mass is 502 g/mol. The summed E-state index contributed by atoms with van der Waals surface area (Å²) < 4.78 is 36.0. The molecule has 0 saturated carbocycles. The number of aryl methyl sites for hydroxylation is 1. The second-order valence-electron chi connectivity index (χ2n) is 7.91. The van der Waals surface area contributed by atoms with Gasteiger partial charge in [0.1, 0.15) is 5.00 Å². The van der Waals surface area contributed by atoms with E-state index < -0.39 is 15.7 Å². The van der Waals surface area contributed by atoms with Crippen LogP contribution in [0.15, 0.2) is 56.9 Å². The van der Waals surface area contributed by atoms with E-state index in [0.29, 0.717) is 30.1 Å². The first-order valence-corrected chi connectivity index (χ1v) is 13.3. The van der Waals surface area contributed by atoms with Gasteiger partial charge in [-0.05, 0) is 61.9 Å². The third-order valence-electron chi connectivity index (χ3n) is 5.56. The maximum absolute atomic E-state index is 13.0. The highest BCUT2D eigenvalue weighted by atomic mass is 32.2. The van der Waals surface area contributed by atoms with Crippen molar-refractivity contribution < 1.29 is 27.2 Å². The highest BCUT2D eigenvalue weighted by molar-refractivity contribution is 7.91. The van der Waals surface area contributed by atoms with Gasteiger partial charge in [0, 0.05) is 25.1 Å². The van der Waals surface area contributed by atoms with Gasteiger partial charge < -0.3 is 19.8 Å². The number of rotatable bonds is 9. The lowest BCUT2D eigenvalue weighted by Crippen LogP contribution is -2.27. The zero-order valence-electron chi connectivity index (χ0n) is 18.8. The van der Waals surface area contributed by atoms with Gasteiger partial charge in [0.25, 0.3) is 11.8 Å². The van der Waals surface area contributed by atoms with Gasteiger partial charge in [-0.2, -0.15) is 0 Å². The van der Waals surface area contributed by atoms with Gasteiger partial charge >= 0.3 is 0 Å². The predicted octanol–water partition coefficient (Wildman–Crippen LogP) is 4.07. The lowest BCUT2D eigenvalue weighted by Gasteiger charge is -2.13. The van der Waals surface area contributed by atoms with Crippen LogP contribution in [0.2, 0.25) is 0 Å². The van der Waals surface area contributed by atoms with Gasteiger partial charge in [0.2, 0.25) is 14.9 Å². The van der Waals surface area contributed by atoms with E-state index in [0.717, 1.165) is 36.1 Å². The molecule has 0 fully saturated rings. The van der Waals surface area contributed by atoms with E-state index in [2.05, 4.69) is 10.6 Å². The van der Waals surface area contributed by atoms with E-state index in [1.54, 1.807) is 25.3 Å². The molecular formula is C24H26N2O6S2. The second-order valence-corrected chi connectivity index (χ2v) is 10.9. The fourth-order valence-corrected chi connectivity index (χ4v) is 6.34. The summed E-state index contributed by atoms with van der Waals surface area (Å²) in [5.41, 5.74) is 1.46. The molecule has 2 amide bonds. The molecule has 1 aliphatic rings. The Hall–Kier alpha value is -2.95. The number of carbonyl (C=O) groups is 2. The summed E-state index contributed by atoms with van der Waals surface area (Å²) in [6.45, 7) is 1.00. The molecule has 2 heterocycles. The zero-order chi connectivity index (χ0) is 24.1. The smallest absolute Gasteiger partial charge is 0.292 e. The number of amides is 2. The van der Waals surface area contributed by atoms with Crippen LogP contribution in [0.1, 0.15) is 50.6 Å². The van der Waals surface area contributed by atoms with Gasteiger partial charge in [-0.15, -0.1) is 11.3 Å². The van der Waals surface area contributed by atoms with Crippen molar-refractivity contribution >= 4 is 38.0 Å². The Balaban J connectivity index is 1.55. The average Bonchev–Trinajstić information content (AvgIpc) is 3.48. The number of methoxy groups -OCH3 is 1. The van der Waals surface area contributed by atoms with Crippen molar-refractivity contribution in [3.63, 3.8) is 0 Å². The van der Waals surface area contributed by atoms with Crippen molar-refractivity contribution in [2.24, 2.45) is 0 Å². The number of hydrogen-bond donors (Lipinski definition) is 2. The van der Waals surface area contributed by atoms with Gasteiger partial charge in [0.05, 0.1) is 10.5 Å². The first-order chi connectivity index (χ1) is 16.4. The molecule has 34 heavy (non-hydrogen) atoms. The number of hydrogen-bond acceptors (Lipinski definition) is 7. The summed E-state index contributed by atoms with van der Waals surface area (Å²) in [7, 11) is -2.27. The number of thiophene rings is 1. The molecule has 0 spiro atoms. The van der Waals surface area contributed by atoms with Gasteiger partial charge in [-0.1, -0.05) is 18.2 Å². The Labute approximate surface area is 202 Å².